The number of furan rings is 1. The van der Waals surface area contributed by atoms with Crippen molar-refractivity contribution in [2.75, 3.05) is 5.32 Å². The van der Waals surface area contributed by atoms with E-state index in [1.165, 1.54) is 0 Å². The molecule has 0 radical (unpaired) electrons. The van der Waals surface area contributed by atoms with Crippen LogP contribution in [-0.4, -0.2) is 15.3 Å². The highest BCUT2D eigenvalue weighted by molar-refractivity contribution is 6.33. The Labute approximate surface area is 181 Å². The smallest absolute Gasteiger partial charge is 0.292 e. The van der Waals surface area contributed by atoms with Gasteiger partial charge in [0.05, 0.1) is 10.7 Å². The van der Waals surface area contributed by atoms with Gasteiger partial charge in [-0.2, -0.15) is 0 Å². The summed E-state index contributed by atoms with van der Waals surface area (Å²) in [6.45, 7) is 1.81. The number of imidazole rings is 1. The second kappa shape index (κ2) is 7.20. The second-order valence-corrected chi connectivity index (χ2v) is 7.76. The number of pyridine rings is 1. The maximum absolute atomic E-state index is 12.8. The molecule has 0 spiro atoms. The Morgan fingerprint density at radius 3 is 2.70 bits per heavy atom. The van der Waals surface area contributed by atoms with Crippen molar-refractivity contribution in [3.8, 4) is 11.3 Å². The van der Waals surface area contributed by atoms with Gasteiger partial charge in [0.25, 0.3) is 5.91 Å². The predicted molar refractivity (Wildman–Crippen MR) is 120 cm³/mol. The molecule has 0 fully saturated rings. The minimum Gasteiger partial charge on any atom is -0.451 e. The van der Waals surface area contributed by atoms with E-state index in [0.717, 1.165) is 16.3 Å². The molecule has 0 saturated heterocycles. The van der Waals surface area contributed by atoms with Crippen LogP contribution in [0, 0.1) is 6.92 Å². The van der Waals surface area contributed by atoms with Crippen LogP contribution in [0.5, 0.6) is 0 Å². The van der Waals surface area contributed by atoms with Crippen LogP contribution < -0.4 is 5.32 Å². The van der Waals surface area contributed by atoms with E-state index in [9.17, 15) is 4.79 Å². The van der Waals surface area contributed by atoms with Crippen LogP contribution in [0.25, 0.3) is 27.7 Å². The summed E-state index contributed by atoms with van der Waals surface area (Å²) in [5.41, 5.74) is 2.13. The fourth-order valence-electron chi connectivity index (χ4n) is 3.45. The van der Waals surface area contributed by atoms with Crippen LogP contribution in [-0.2, 0) is 0 Å². The molecule has 5 nitrogen and oxygen atoms in total. The second-order valence-electron chi connectivity index (χ2n) is 6.92. The number of halogens is 2. The van der Waals surface area contributed by atoms with Crippen molar-refractivity contribution in [2.45, 2.75) is 6.92 Å². The summed E-state index contributed by atoms with van der Waals surface area (Å²) in [6.07, 6.45) is 1.80. The van der Waals surface area contributed by atoms with Gasteiger partial charge in [-0.1, -0.05) is 41.4 Å². The van der Waals surface area contributed by atoms with E-state index in [0.29, 0.717) is 33.0 Å². The number of nitrogens with one attached hydrogen (secondary N) is 1. The standard InChI is InChI=1S/C23H15Cl2N3O2/c1-13-21(28-10-2-3-18(25)22(28)26-13)27-23(29)20-9-8-19(30-20)16-5-4-15-12-17(24)7-6-14(15)11-16/h2-12H,1H3,(H,27,29). The van der Waals surface area contributed by atoms with Crippen LogP contribution in [0.1, 0.15) is 16.2 Å². The normalized spacial score (nSPS) is 11.3. The van der Waals surface area contributed by atoms with E-state index in [1.54, 1.807) is 34.9 Å². The summed E-state index contributed by atoms with van der Waals surface area (Å²) in [7, 11) is 0. The lowest BCUT2D eigenvalue weighted by Gasteiger charge is -2.05. The average Bonchev–Trinajstić information content (AvgIpc) is 3.34. The van der Waals surface area contributed by atoms with Gasteiger partial charge in [0.15, 0.2) is 11.4 Å². The molecule has 0 unspecified atom stereocenters. The number of hydrogen-bond donors (Lipinski definition) is 1. The summed E-state index contributed by atoms with van der Waals surface area (Å²) in [5, 5.41) is 6.15. The number of aryl methyl sites for hydroxylation is 1. The molecule has 0 aliphatic heterocycles. The topological polar surface area (TPSA) is 59.5 Å². The van der Waals surface area contributed by atoms with Crippen LogP contribution in [0.3, 0.4) is 0 Å². The Morgan fingerprint density at radius 1 is 1.03 bits per heavy atom. The number of anilines is 1. The third-order valence-corrected chi connectivity index (χ3v) is 5.46. The third-order valence-electron chi connectivity index (χ3n) is 4.93. The van der Waals surface area contributed by atoms with Crippen LogP contribution >= 0.6 is 23.2 Å². The van der Waals surface area contributed by atoms with Crippen LogP contribution in [0.4, 0.5) is 5.82 Å². The number of benzene rings is 2. The van der Waals surface area contributed by atoms with Gasteiger partial charge in [0.2, 0.25) is 0 Å². The molecule has 3 heterocycles. The average molecular weight is 436 g/mol. The Balaban J connectivity index is 1.44. The minimum absolute atomic E-state index is 0.206. The summed E-state index contributed by atoms with van der Waals surface area (Å²) in [5.74, 6) is 1.00. The first-order valence-electron chi connectivity index (χ1n) is 9.24. The summed E-state index contributed by atoms with van der Waals surface area (Å²) in [6, 6.07) is 18.6. The molecule has 5 rings (SSSR count). The molecule has 1 amide bonds. The van der Waals surface area contributed by atoms with E-state index in [-0.39, 0.29) is 11.7 Å². The Bertz CT molecular complexity index is 1440. The lowest BCUT2D eigenvalue weighted by molar-refractivity contribution is 0.0997. The number of rotatable bonds is 3. The predicted octanol–water partition coefficient (Wildman–Crippen LogP) is 6.62. The van der Waals surface area contributed by atoms with E-state index in [2.05, 4.69) is 10.3 Å². The Hall–Kier alpha value is -3.28. The molecule has 0 saturated carbocycles. The van der Waals surface area contributed by atoms with E-state index in [1.807, 2.05) is 43.3 Å². The van der Waals surface area contributed by atoms with Gasteiger partial charge in [0, 0.05) is 16.8 Å². The van der Waals surface area contributed by atoms with Crippen molar-refractivity contribution in [3.05, 3.63) is 88.4 Å². The zero-order chi connectivity index (χ0) is 20.8. The van der Waals surface area contributed by atoms with Gasteiger partial charge in [-0.05, 0) is 60.2 Å². The first-order valence-corrected chi connectivity index (χ1v) is 9.99. The van der Waals surface area contributed by atoms with Gasteiger partial charge in [-0.25, -0.2) is 4.98 Å². The molecular weight excluding hydrogens is 421 g/mol. The molecule has 0 aliphatic rings. The molecular formula is C23H15Cl2N3O2. The molecule has 3 aromatic heterocycles. The van der Waals surface area contributed by atoms with Crippen molar-refractivity contribution >= 4 is 51.3 Å². The zero-order valence-electron chi connectivity index (χ0n) is 15.8. The lowest BCUT2D eigenvalue weighted by atomic mass is 10.1. The van der Waals surface area contributed by atoms with Crippen molar-refractivity contribution in [1.82, 2.24) is 9.38 Å². The molecule has 5 aromatic rings. The van der Waals surface area contributed by atoms with Crippen molar-refractivity contribution in [3.63, 3.8) is 0 Å². The molecule has 148 valence electrons. The molecule has 0 bridgehead atoms. The summed E-state index contributed by atoms with van der Waals surface area (Å²) >= 11 is 12.2. The first-order chi connectivity index (χ1) is 14.5. The van der Waals surface area contributed by atoms with Gasteiger partial charge in [-0.3, -0.25) is 9.20 Å². The SMILES string of the molecule is Cc1nc2c(Cl)cccn2c1NC(=O)c1ccc(-c2ccc3cc(Cl)ccc3c2)o1. The summed E-state index contributed by atoms with van der Waals surface area (Å²) < 4.78 is 7.58. The van der Waals surface area contributed by atoms with Crippen LogP contribution in [0.15, 0.2) is 71.3 Å². The van der Waals surface area contributed by atoms with Crippen molar-refractivity contribution < 1.29 is 9.21 Å². The third kappa shape index (κ3) is 3.22. The minimum atomic E-state index is -0.362. The fourth-order valence-corrected chi connectivity index (χ4v) is 3.84. The molecule has 2 aromatic carbocycles. The monoisotopic (exact) mass is 435 g/mol. The van der Waals surface area contributed by atoms with Crippen molar-refractivity contribution in [2.24, 2.45) is 0 Å². The van der Waals surface area contributed by atoms with E-state index < -0.39 is 0 Å². The largest absolute Gasteiger partial charge is 0.451 e. The maximum atomic E-state index is 12.8. The van der Waals surface area contributed by atoms with Crippen LogP contribution in [0.2, 0.25) is 10.0 Å². The van der Waals surface area contributed by atoms with Gasteiger partial charge < -0.3 is 9.73 Å². The van der Waals surface area contributed by atoms with Gasteiger partial charge in [-0.15, -0.1) is 0 Å². The molecule has 7 heteroatoms. The summed E-state index contributed by atoms with van der Waals surface area (Å²) in [4.78, 5) is 17.2. The number of hydrogen-bond acceptors (Lipinski definition) is 3. The lowest BCUT2D eigenvalue weighted by Crippen LogP contribution is -2.13. The number of carbonyl (C=O) groups excluding carboxylic acids is 1. The van der Waals surface area contributed by atoms with E-state index in [4.69, 9.17) is 27.6 Å². The van der Waals surface area contributed by atoms with E-state index >= 15 is 0 Å². The zero-order valence-corrected chi connectivity index (χ0v) is 17.3. The fraction of sp³-hybridized carbons (Fsp3) is 0.0435. The number of fused-ring (bicyclic) bond motifs is 2. The molecule has 0 atom stereocenters. The Morgan fingerprint density at radius 2 is 1.83 bits per heavy atom. The maximum Gasteiger partial charge on any atom is 0.292 e. The van der Waals surface area contributed by atoms with Gasteiger partial charge >= 0.3 is 0 Å². The highest BCUT2D eigenvalue weighted by Gasteiger charge is 2.17. The number of aromatic nitrogens is 2. The molecule has 30 heavy (non-hydrogen) atoms. The quantitative estimate of drug-likeness (QED) is 0.346. The molecule has 1 N–H and O–H groups in total. The van der Waals surface area contributed by atoms with Crippen molar-refractivity contribution in [1.29, 1.82) is 0 Å². The highest BCUT2D eigenvalue weighted by atomic mass is 35.5. The number of carbonyl (C=O) groups is 1. The number of nitrogens with zero attached hydrogens (tertiary/aromatic N) is 2. The first kappa shape index (κ1) is 18.7. The Kier molecular flexibility index (Phi) is 4.50. The van der Waals surface area contributed by atoms with Gasteiger partial charge in [0.1, 0.15) is 11.6 Å². The highest BCUT2D eigenvalue weighted by Crippen LogP contribution is 2.29. The molecule has 0 aliphatic carbocycles. The number of amides is 1.